The molecule has 3 rings (SSSR count). The van der Waals surface area contributed by atoms with Crippen LogP contribution in [0.4, 0.5) is 11.4 Å². The highest BCUT2D eigenvalue weighted by Gasteiger charge is 2.26. The molecule has 8 heteroatoms. The minimum absolute atomic E-state index is 0.00495. The van der Waals surface area contributed by atoms with E-state index < -0.39 is 15.9 Å². The van der Waals surface area contributed by atoms with Crippen molar-refractivity contribution in [3.05, 3.63) is 102 Å². The van der Waals surface area contributed by atoms with Crippen molar-refractivity contribution >= 4 is 44.7 Å². The number of nitrogens with one attached hydrogen (secondary N) is 1. The fraction of sp³-hybridized carbons (Fsp3) is 0.0833. The number of anilines is 2. The zero-order chi connectivity index (χ0) is 23.3. The highest BCUT2D eigenvalue weighted by atomic mass is 35.5. The lowest BCUT2D eigenvalue weighted by Crippen LogP contribution is -2.31. The van der Waals surface area contributed by atoms with E-state index in [9.17, 15) is 18.0 Å². The summed E-state index contributed by atoms with van der Waals surface area (Å²) in [5.41, 5.74) is 1.49. The number of carbonyl (C=O) groups excluding carboxylic acids is 2. The Morgan fingerprint density at radius 1 is 1.00 bits per heavy atom. The third kappa shape index (κ3) is 5.07. The lowest BCUT2D eigenvalue weighted by molar-refractivity contribution is 0.101. The summed E-state index contributed by atoms with van der Waals surface area (Å²) in [7, 11) is -4.02. The first kappa shape index (κ1) is 23.2. The summed E-state index contributed by atoms with van der Waals surface area (Å²) in [6, 6.07) is 18.8. The molecule has 0 aliphatic heterocycles. The van der Waals surface area contributed by atoms with Gasteiger partial charge in [-0.3, -0.25) is 13.9 Å². The fourth-order valence-electron chi connectivity index (χ4n) is 3.01. The Morgan fingerprint density at radius 3 is 2.31 bits per heavy atom. The first-order valence-electron chi connectivity index (χ1n) is 9.64. The van der Waals surface area contributed by atoms with Crippen molar-refractivity contribution in [2.24, 2.45) is 0 Å². The average molecular weight is 469 g/mol. The van der Waals surface area contributed by atoms with Gasteiger partial charge in [-0.05, 0) is 61.5 Å². The minimum Gasteiger partial charge on any atom is -0.322 e. The largest absolute Gasteiger partial charge is 0.322 e. The van der Waals surface area contributed by atoms with Crippen molar-refractivity contribution in [3.63, 3.8) is 0 Å². The van der Waals surface area contributed by atoms with Gasteiger partial charge in [0.25, 0.3) is 15.9 Å². The number of nitrogens with zero attached hydrogens (tertiary/aromatic N) is 1. The van der Waals surface area contributed by atoms with Gasteiger partial charge in [-0.25, -0.2) is 8.42 Å². The van der Waals surface area contributed by atoms with E-state index in [2.05, 4.69) is 11.9 Å². The molecule has 3 aromatic rings. The van der Waals surface area contributed by atoms with Crippen molar-refractivity contribution in [1.82, 2.24) is 0 Å². The second kappa shape index (κ2) is 9.80. The number of ketones is 1. The SMILES string of the molecule is C=CCN(c1ccccc1Cl)S(=O)(=O)c1cccc(C(=O)Nc2ccc(C(C)=O)cc2)c1. The molecule has 3 aromatic carbocycles. The van der Waals surface area contributed by atoms with E-state index in [1.165, 1.54) is 37.3 Å². The monoisotopic (exact) mass is 468 g/mol. The second-order valence-electron chi connectivity index (χ2n) is 6.89. The van der Waals surface area contributed by atoms with Gasteiger partial charge in [0.05, 0.1) is 22.2 Å². The molecule has 0 saturated heterocycles. The van der Waals surface area contributed by atoms with Gasteiger partial charge in [0.15, 0.2) is 5.78 Å². The summed E-state index contributed by atoms with van der Waals surface area (Å²) in [6.45, 7) is 5.10. The molecular weight excluding hydrogens is 448 g/mol. The molecule has 0 bridgehead atoms. The lowest BCUT2D eigenvalue weighted by atomic mass is 10.1. The van der Waals surface area contributed by atoms with Gasteiger partial charge >= 0.3 is 0 Å². The normalized spacial score (nSPS) is 10.9. The minimum atomic E-state index is -4.02. The van der Waals surface area contributed by atoms with E-state index in [4.69, 9.17) is 11.6 Å². The molecule has 1 N–H and O–H groups in total. The molecule has 0 unspecified atom stereocenters. The molecule has 0 heterocycles. The maximum absolute atomic E-state index is 13.4. The van der Waals surface area contributed by atoms with Crippen LogP contribution in [-0.2, 0) is 10.0 Å². The van der Waals surface area contributed by atoms with E-state index in [1.54, 1.807) is 48.5 Å². The molecule has 0 saturated carbocycles. The van der Waals surface area contributed by atoms with Gasteiger partial charge in [-0.1, -0.05) is 35.9 Å². The van der Waals surface area contributed by atoms with Crippen LogP contribution in [0.15, 0.2) is 90.3 Å². The number of hydrogen-bond acceptors (Lipinski definition) is 4. The van der Waals surface area contributed by atoms with Crippen LogP contribution in [0.1, 0.15) is 27.6 Å². The molecule has 0 spiro atoms. The van der Waals surface area contributed by atoms with E-state index in [-0.39, 0.29) is 27.8 Å². The number of amides is 1. The Labute approximate surface area is 192 Å². The molecule has 0 radical (unpaired) electrons. The summed E-state index contributed by atoms with van der Waals surface area (Å²) in [4.78, 5) is 24.0. The average Bonchev–Trinajstić information content (AvgIpc) is 2.78. The molecule has 0 atom stereocenters. The zero-order valence-corrected chi connectivity index (χ0v) is 18.9. The Balaban J connectivity index is 1.91. The maximum Gasteiger partial charge on any atom is 0.264 e. The third-order valence-corrected chi connectivity index (χ3v) is 6.74. The fourth-order valence-corrected chi connectivity index (χ4v) is 4.80. The number of para-hydroxylation sites is 1. The van der Waals surface area contributed by atoms with Gasteiger partial charge < -0.3 is 5.32 Å². The molecule has 0 aromatic heterocycles. The van der Waals surface area contributed by atoms with Gasteiger partial charge in [0.1, 0.15) is 0 Å². The molecule has 6 nitrogen and oxygen atoms in total. The Hall–Kier alpha value is -3.42. The van der Waals surface area contributed by atoms with Crippen molar-refractivity contribution in [2.45, 2.75) is 11.8 Å². The number of Topliss-reactive ketones (excluding diaryl/α,β-unsaturated/α-hetero) is 1. The van der Waals surface area contributed by atoms with Crippen LogP contribution < -0.4 is 9.62 Å². The van der Waals surface area contributed by atoms with Gasteiger partial charge in [-0.2, -0.15) is 0 Å². The van der Waals surface area contributed by atoms with Crippen LogP contribution >= 0.6 is 11.6 Å². The summed E-state index contributed by atoms with van der Waals surface area (Å²) in [5, 5.41) is 2.98. The molecular formula is C24H21ClN2O4S. The smallest absolute Gasteiger partial charge is 0.264 e. The Kier molecular flexibility index (Phi) is 7.12. The highest BCUT2D eigenvalue weighted by Crippen LogP contribution is 2.30. The van der Waals surface area contributed by atoms with Crippen molar-refractivity contribution in [2.75, 3.05) is 16.2 Å². The van der Waals surface area contributed by atoms with Crippen molar-refractivity contribution in [1.29, 1.82) is 0 Å². The predicted octanol–water partition coefficient (Wildman–Crippen LogP) is 5.18. The molecule has 1 amide bonds. The van der Waals surface area contributed by atoms with Crippen LogP contribution in [0.3, 0.4) is 0 Å². The first-order chi connectivity index (χ1) is 15.2. The molecule has 0 fully saturated rings. The quantitative estimate of drug-likeness (QED) is 0.365. The van der Waals surface area contributed by atoms with Crippen molar-refractivity contribution < 1.29 is 18.0 Å². The van der Waals surface area contributed by atoms with E-state index >= 15 is 0 Å². The molecule has 0 aliphatic carbocycles. The number of sulfonamides is 1. The van der Waals surface area contributed by atoms with Crippen LogP contribution in [0.25, 0.3) is 0 Å². The summed E-state index contributed by atoms with van der Waals surface area (Å²) in [6.07, 6.45) is 1.46. The number of hydrogen-bond donors (Lipinski definition) is 1. The Morgan fingerprint density at radius 2 is 1.69 bits per heavy atom. The highest BCUT2D eigenvalue weighted by molar-refractivity contribution is 7.92. The van der Waals surface area contributed by atoms with Gasteiger partial charge in [-0.15, -0.1) is 6.58 Å². The third-order valence-electron chi connectivity index (χ3n) is 4.65. The maximum atomic E-state index is 13.4. The van der Waals surface area contributed by atoms with E-state index in [0.29, 0.717) is 16.9 Å². The zero-order valence-electron chi connectivity index (χ0n) is 17.3. The summed E-state index contributed by atoms with van der Waals surface area (Å²) >= 11 is 6.23. The second-order valence-corrected chi connectivity index (χ2v) is 9.16. The van der Waals surface area contributed by atoms with Crippen LogP contribution in [0, 0.1) is 0 Å². The molecule has 164 valence electrons. The molecule has 0 aliphatic rings. The molecule has 32 heavy (non-hydrogen) atoms. The number of benzene rings is 3. The van der Waals surface area contributed by atoms with Gasteiger partial charge in [0, 0.05) is 16.8 Å². The standard InChI is InChI=1S/C24H21ClN2O4S/c1-3-15-27(23-10-5-4-9-22(23)25)32(30,31)21-8-6-7-19(16-21)24(29)26-20-13-11-18(12-14-20)17(2)28/h3-14,16H,1,15H2,2H3,(H,26,29). The number of halogens is 1. The Bertz CT molecular complexity index is 1270. The topological polar surface area (TPSA) is 83.6 Å². The van der Waals surface area contributed by atoms with E-state index in [0.717, 1.165) is 4.31 Å². The number of rotatable bonds is 8. The van der Waals surface area contributed by atoms with Crippen LogP contribution in [0.5, 0.6) is 0 Å². The number of carbonyl (C=O) groups is 2. The van der Waals surface area contributed by atoms with Crippen LogP contribution in [0.2, 0.25) is 5.02 Å². The van der Waals surface area contributed by atoms with Crippen LogP contribution in [-0.4, -0.2) is 26.7 Å². The predicted molar refractivity (Wildman–Crippen MR) is 127 cm³/mol. The first-order valence-corrected chi connectivity index (χ1v) is 11.5. The van der Waals surface area contributed by atoms with E-state index in [1.807, 2.05) is 0 Å². The van der Waals surface area contributed by atoms with Crippen molar-refractivity contribution in [3.8, 4) is 0 Å². The summed E-state index contributed by atoms with van der Waals surface area (Å²) < 4.78 is 27.9. The lowest BCUT2D eigenvalue weighted by Gasteiger charge is -2.24. The summed E-state index contributed by atoms with van der Waals surface area (Å²) in [5.74, 6) is -0.561. The van der Waals surface area contributed by atoms with Gasteiger partial charge in [0.2, 0.25) is 0 Å².